The van der Waals surface area contributed by atoms with E-state index in [1.165, 1.54) is 12.8 Å². The molecule has 0 aromatic rings. The van der Waals surface area contributed by atoms with Crippen LogP contribution in [0.2, 0.25) is 0 Å². The van der Waals surface area contributed by atoms with E-state index in [1.54, 1.807) is 7.11 Å². The summed E-state index contributed by atoms with van der Waals surface area (Å²) in [5.74, 6) is 0.667. The quantitative estimate of drug-likeness (QED) is 0.450. The number of hydrogen-bond acceptors (Lipinski definition) is 4. The SMILES string of the molecule is COCCNC(=O)CCNCC(=O)NCC1CC1. The molecule has 0 unspecified atom stereocenters. The Kier molecular flexibility index (Phi) is 7.36. The lowest BCUT2D eigenvalue weighted by Gasteiger charge is -2.06. The standard InChI is InChI=1S/C12H23N3O3/c1-18-7-6-14-11(16)4-5-13-9-12(17)15-8-10-2-3-10/h10,13H,2-9H2,1H3,(H,14,16)(H,15,17). The third-order valence-electron chi connectivity index (χ3n) is 2.73. The number of carbonyl (C=O) groups is 2. The van der Waals surface area contributed by atoms with E-state index >= 15 is 0 Å². The molecule has 6 nitrogen and oxygen atoms in total. The van der Waals surface area contributed by atoms with E-state index in [4.69, 9.17) is 4.74 Å². The van der Waals surface area contributed by atoms with Gasteiger partial charge in [0.25, 0.3) is 0 Å². The van der Waals surface area contributed by atoms with Gasteiger partial charge in [-0.05, 0) is 18.8 Å². The Bertz CT molecular complexity index is 267. The summed E-state index contributed by atoms with van der Waals surface area (Å²) >= 11 is 0. The number of ether oxygens (including phenoxy) is 1. The van der Waals surface area contributed by atoms with Crippen molar-refractivity contribution in [3.63, 3.8) is 0 Å². The molecular weight excluding hydrogens is 234 g/mol. The van der Waals surface area contributed by atoms with Gasteiger partial charge < -0.3 is 20.7 Å². The van der Waals surface area contributed by atoms with E-state index < -0.39 is 0 Å². The molecule has 104 valence electrons. The predicted molar refractivity (Wildman–Crippen MR) is 68.1 cm³/mol. The lowest BCUT2D eigenvalue weighted by molar-refractivity contribution is -0.122. The maximum absolute atomic E-state index is 11.3. The van der Waals surface area contributed by atoms with Crippen molar-refractivity contribution >= 4 is 11.8 Å². The van der Waals surface area contributed by atoms with E-state index in [1.807, 2.05) is 0 Å². The monoisotopic (exact) mass is 257 g/mol. The molecule has 0 saturated heterocycles. The predicted octanol–water partition coefficient (Wildman–Crippen LogP) is -0.745. The Morgan fingerprint density at radius 3 is 2.61 bits per heavy atom. The molecule has 0 aliphatic heterocycles. The van der Waals surface area contributed by atoms with Gasteiger partial charge in [0.05, 0.1) is 13.2 Å². The lowest BCUT2D eigenvalue weighted by atomic mass is 10.4. The van der Waals surface area contributed by atoms with Crippen molar-refractivity contribution in [3.8, 4) is 0 Å². The second-order valence-corrected chi connectivity index (χ2v) is 4.52. The molecule has 0 atom stereocenters. The number of carbonyl (C=O) groups excluding carboxylic acids is 2. The Morgan fingerprint density at radius 2 is 1.94 bits per heavy atom. The summed E-state index contributed by atoms with van der Waals surface area (Å²) in [5.41, 5.74) is 0. The van der Waals surface area contributed by atoms with Gasteiger partial charge >= 0.3 is 0 Å². The summed E-state index contributed by atoms with van der Waals surface area (Å²) in [6.07, 6.45) is 2.84. The number of hydrogen-bond donors (Lipinski definition) is 3. The van der Waals surface area contributed by atoms with Crippen LogP contribution in [-0.2, 0) is 14.3 Å². The van der Waals surface area contributed by atoms with Gasteiger partial charge in [-0.1, -0.05) is 0 Å². The van der Waals surface area contributed by atoms with Crippen LogP contribution in [0.5, 0.6) is 0 Å². The highest BCUT2D eigenvalue weighted by molar-refractivity contribution is 5.78. The molecule has 2 amide bonds. The molecule has 1 fully saturated rings. The molecule has 0 heterocycles. The van der Waals surface area contributed by atoms with E-state index in [-0.39, 0.29) is 18.4 Å². The van der Waals surface area contributed by atoms with Gasteiger partial charge in [0.1, 0.15) is 0 Å². The number of methoxy groups -OCH3 is 1. The van der Waals surface area contributed by atoms with Crippen molar-refractivity contribution in [3.05, 3.63) is 0 Å². The normalized spacial score (nSPS) is 14.3. The molecular formula is C12H23N3O3. The van der Waals surface area contributed by atoms with Gasteiger partial charge in [0.15, 0.2) is 0 Å². The van der Waals surface area contributed by atoms with Crippen LogP contribution in [0, 0.1) is 5.92 Å². The fourth-order valence-electron chi connectivity index (χ4n) is 1.43. The third-order valence-corrected chi connectivity index (χ3v) is 2.73. The molecule has 1 rings (SSSR count). The smallest absolute Gasteiger partial charge is 0.233 e. The first-order valence-corrected chi connectivity index (χ1v) is 6.45. The van der Waals surface area contributed by atoms with Crippen LogP contribution >= 0.6 is 0 Å². The van der Waals surface area contributed by atoms with Crippen molar-refractivity contribution < 1.29 is 14.3 Å². The highest BCUT2D eigenvalue weighted by Crippen LogP contribution is 2.27. The van der Waals surface area contributed by atoms with Gasteiger partial charge in [-0.25, -0.2) is 0 Å². The van der Waals surface area contributed by atoms with E-state index in [0.717, 1.165) is 6.54 Å². The van der Waals surface area contributed by atoms with Crippen LogP contribution in [0.4, 0.5) is 0 Å². The Balaban J connectivity index is 1.86. The summed E-state index contributed by atoms with van der Waals surface area (Å²) in [7, 11) is 1.59. The zero-order valence-corrected chi connectivity index (χ0v) is 11.0. The van der Waals surface area contributed by atoms with Crippen molar-refractivity contribution in [2.24, 2.45) is 5.92 Å². The Labute approximate surface area is 108 Å². The minimum atomic E-state index is -0.0297. The minimum absolute atomic E-state index is 0.00157. The molecule has 0 spiro atoms. The first kappa shape index (κ1) is 14.9. The van der Waals surface area contributed by atoms with Crippen LogP contribution < -0.4 is 16.0 Å². The highest BCUT2D eigenvalue weighted by Gasteiger charge is 2.21. The molecule has 1 saturated carbocycles. The van der Waals surface area contributed by atoms with Crippen molar-refractivity contribution in [2.45, 2.75) is 19.3 Å². The fourth-order valence-corrected chi connectivity index (χ4v) is 1.43. The van der Waals surface area contributed by atoms with Crippen LogP contribution in [0.15, 0.2) is 0 Å². The van der Waals surface area contributed by atoms with Crippen molar-refractivity contribution in [1.29, 1.82) is 0 Å². The summed E-state index contributed by atoms with van der Waals surface area (Å²) in [4.78, 5) is 22.6. The van der Waals surface area contributed by atoms with Crippen LogP contribution in [0.1, 0.15) is 19.3 Å². The Hall–Kier alpha value is -1.14. The van der Waals surface area contributed by atoms with E-state index in [0.29, 0.717) is 32.0 Å². The topological polar surface area (TPSA) is 79.5 Å². The highest BCUT2D eigenvalue weighted by atomic mass is 16.5. The van der Waals surface area contributed by atoms with Crippen LogP contribution in [0.25, 0.3) is 0 Å². The second-order valence-electron chi connectivity index (χ2n) is 4.52. The second kappa shape index (κ2) is 8.88. The number of nitrogens with one attached hydrogen (secondary N) is 3. The minimum Gasteiger partial charge on any atom is -0.383 e. The molecule has 0 aromatic heterocycles. The van der Waals surface area contributed by atoms with E-state index in [2.05, 4.69) is 16.0 Å². The zero-order chi connectivity index (χ0) is 13.2. The maximum atomic E-state index is 11.3. The largest absolute Gasteiger partial charge is 0.383 e. The summed E-state index contributed by atoms with van der Waals surface area (Å²) in [5, 5.41) is 8.52. The van der Waals surface area contributed by atoms with Crippen LogP contribution in [0.3, 0.4) is 0 Å². The summed E-state index contributed by atoms with van der Waals surface area (Å²) in [6.45, 7) is 2.62. The Morgan fingerprint density at radius 1 is 1.17 bits per heavy atom. The van der Waals surface area contributed by atoms with Gasteiger partial charge in [-0.2, -0.15) is 0 Å². The molecule has 1 aliphatic rings. The molecule has 6 heteroatoms. The first-order valence-electron chi connectivity index (χ1n) is 6.45. The molecule has 0 radical (unpaired) electrons. The summed E-state index contributed by atoms with van der Waals surface area (Å²) < 4.78 is 4.82. The number of amides is 2. The molecule has 0 bridgehead atoms. The summed E-state index contributed by atoms with van der Waals surface area (Å²) in [6, 6.07) is 0. The van der Waals surface area contributed by atoms with Crippen molar-refractivity contribution in [2.75, 3.05) is 39.9 Å². The van der Waals surface area contributed by atoms with Gasteiger partial charge in [0.2, 0.25) is 11.8 Å². The molecule has 3 N–H and O–H groups in total. The van der Waals surface area contributed by atoms with Crippen LogP contribution in [-0.4, -0.2) is 51.7 Å². The van der Waals surface area contributed by atoms with Gasteiger partial charge in [-0.3, -0.25) is 9.59 Å². The zero-order valence-electron chi connectivity index (χ0n) is 11.0. The molecule has 1 aliphatic carbocycles. The van der Waals surface area contributed by atoms with Crippen molar-refractivity contribution in [1.82, 2.24) is 16.0 Å². The average molecular weight is 257 g/mol. The average Bonchev–Trinajstić information content (AvgIpc) is 3.16. The maximum Gasteiger partial charge on any atom is 0.233 e. The number of rotatable bonds is 10. The van der Waals surface area contributed by atoms with Gasteiger partial charge in [-0.15, -0.1) is 0 Å². The first-order chi connectivity index (χ1) is 8.72. The van der Waals surface area contributed by atoms with Gasteiger partial charge in [0, 0.05) is 33.2 Å². The van der Waals surface area contributed by atoms with E-state index in [9.17, 15) is 9.59 Å². The fraction of sp³-hybridized carbons (Fsp3) is 0.833. The third kappa shape index (κ3) is 8.03. The molecule has 18 heavy (non-hydrogen) atoms. The molecule has 0 aromatic carbocycles. The lowest BCUT2D eigenvalue weighted by Crippen LogP contribution is -2.37.